The van der Waals surface area contributed by atoms with Crippen LogP contribution < -0.4 is 5.32 Å². The molecule has 1 N–H and O–H groups in total. The number of anilines is 1. The Labute approximate surface area is 102 Å². The molecule has 2 rings (SSSR count). The van der Waals surface area contributed by atoms with Gasteiger partial charge in [-0.2, -0.15) is 0 Å². The molecular weight excluding hydrogens is 247 g/mol. The first kappa shape index (κ1) is 11.9. The van der Waals surface area contributed by atoms with Gasteiger partial charge in [0, 0.05) is 7.05 Å². The summed E-state index contributed by atoms with van der Waals surface area (Å²) < 4.78 is 13.6. The number of amides is 2. The minimum atomic E-state index is -0.722. The minimum absolute atomic E-state index is 0.0277. The van der Waals surface area contributed by atoms with E-state index in [0.29, 0.717) is 0 Å². The van der Waals surface area contributed by atoms with E-state index in [1.54, 1.807) is 6.07 Å². The quantitative estimate of drug-likeness (QED) is 0.819. The molecule has 0 bridgehead atoms. The summed E-state index contributed by atoms with van der Waals surface area (Å²) in [6.45, 7) is 0. The van der Waals surface area contributed by atoms with Crippen molar-refractivity contribution in [3.8, 4) is 0 Å². The van der Waals surface area contributed by atoms with Crippen LogP contribution in [-0.2, 0) is 9.59 Å². The van der Waals surface area contributed by atoms with Crippen molar-refractivity contribution in [3.05, 3.63) is 29.0 Å². The molecule has 0 spiro atoms. The van der Waals surface area contributed by atoms with Gasteiger partial charge in [-0.25, -0.2) is 4.39 Å². The molecule has 0 aromatic heterocycles. The predicted octanol–water partition coefficient (Wildman–Crippen LogP) is 1.65. The SMILES string of the molecule is CN1C(=O)CC(Nc2cccc(Cl)c2F)C1=O. The van der Waals surface area contributed by atoms with Crippen molar-refractivity contribution < 1.29 is 14.0 Å². The van der Waals surface area contributed by atoms with Crippen LogP contribution in [-0.4, -0.2) is 29.8 Å². The van der Waals surface area contributed by atoms with Crippen molar-refractivity contribution in [3.63, 3.8) is 0 Å². The Morgan fingerprint density at radius 3 is 2.76 bits per heavy atom. The molecule has 2 amide bonds. The highest BCUT2D eigenvalue weighted by Crippen LogP contribution is 2.24. The van der Waals surface area contributed by atoms with Crippen LogP contribution in [0, 0.1) is 5.82 Å². The van der Waals surface area contributed by atoms with Crippen molar-refractivity contribution in [1.82, 2.24) is 4.90 Å². The van der Waals surface area contributed by atoms with E-state index in [1.807, 2.05) is 0 Å². The molecule has 1 unspecified atom stereocenters. The van der Waals surface area contributed by atoms with Gasteiger partial charge in [-0.05, 0) is 12.1 Å². The molecule has 6 heteroatoms. The molecule has 1 aliphatic heterocycles. The number of hydrogen-bond acceptors (Lipinski definition) is 3. The number of rotatable bonds is 2. The summed E-state index contributed by atoms with van der Waals surface area (Å²) in [6, 6.07) is 3.73. The van der Waals surface area contributed by atoms with Crippen LogP contribution >= 0.6 is 11.6 Å². The van der Waals surface area contributed by atoms with E-state index in [2.05, 4.69) is 5.32 Å². The number of nitrogens with one attached hydrogen (secondary N) is 1. The summed E-state index contributed by atoms with van der Waals surface area (Å²) in [5.41, 5.74) is 0.124. The summed E-state index contributed by atoms with van der Waals surface area (Å²) in [6.07, 6.45) is 0.0291. The number of halogens is 2. The molecule has 4 nitrogen and oxygen atoms in total. The van der Waals surface area contributed by atoms with Gasteiger partial charge in [0.05, 0.1) is 17.1 Å². The maximum Gasteiger partial charge on any atom is 0.251 e. The maximum absolute atomic E-state index is 13.6. The van der Waals surface area contributed by atoms with Gasteiger partial charge in [-0.15, -0.1) is 0 Å². The Balaban J connectivity index is 2.20. The molecule has 1 aliphatic rings. The zero-order chi connectivity index (χ0) is 12.6. The highest BCUT2D eigenvalue weighted by molar-refractivity contribution is 6.31. The fourth-order valence-corrected chi connectivity index (χ4v) is 1.85. The van der Waals surface area contributed by atoms with Crippen molar-refractivity contribution >= 4 is 29.1 Å². The lowest BCUT2D eigenvalue weighted by atomic mass is 10.2. The molecule has 1 aromatic carbocycles. The number of benzene rings is 1. The molecule has 90 valence electrons. The van der Waals surface area contributed by atoms with E-state index in [9.17, 15) is 14.0 Å². The number of likely N-dealkylation sites (tertiary alicyclic amines) is 1. The van der Waals surface area contributed by atoms with Gasteiger partial charge in [0.15, 0.2) is 5.82 Å². The van der Waals surface area contributed by atoms with Gasteiger partial charge in [0.2, 0.25) is 5.91 Å². The molecule has 1 aromatic rings. The second-order valence-electron chi connectivity index (χ2n) is 3.79. The van der Waals surface area contributed by atoms with Gasteiger partial charge in [-0.1, -0.05) is 17.7 Å². The van der Waals surface area contributed by atoms with Crippen molar-refractivity contribution in [2.24, 2.45) is 0 Å². The number of hydrogen-bond donors (Lipinski definition) is 1. The molecule has 0 aliphatic carbocycles. The second-order valence-corrected chi connectivity index (χ2v) is 4.20. The highest BCUT2D eigenvalue weighted by Gasteiger charge is 2.36. The number of carbonyl (C=O) groups excluding carboxylic acids is 2. The van der Waals surface area contributed by atoms with Gasteiger partial charge in [-0.3, -0.25) is 14.5 Å². The summed E-state index contributed by atoms with van der Waals surface area (Å²) in [5.74, 6) is -1.27. The third kappa shape index (κ3) is 2.10. The fraction of sp³-hybridized carbons (Fsp3) is 0.273. The summed E-state index contributed by atoms with van der Waals surface area (Å²) in [7, 11) is 1.40. The average Bonchev–Trinajstić information content (AvgIpc) is 2.53. The van der Waals surface area contributed by atoms with Crippen molar-refractivity contribution in [1.29, 1.82) is 0 Å². The summed E-state index contributed by atoms with van der Waals surface area (Å²) in [4.78, 5) is 23.9. The third-order valence-corrected chi connectivity index (χ3v) is 2.95. The van der Waals surface area contributed by atoms with E-state index in [1.165, 1.54) is 19.2 Å². The van der Waals surface area contributed by atoms with E-state index in [0.717, 1.165) is 4.90 Å². The van der Waals surface area contributed by atoms with Crippen molar-refractivity contribution in [2.75, 3.05) is 12.4 Å². The number of imide groups is 1. The standard InChI is InChI=1S/C11H10ClFN2O2/c1-15-9(16)5-8(11(15)17)14-7-4-2-3-6(12)10(7)13/h2-4,8,14H,5H2,1H3. The lowest BCUT2D eigenvalue weighted by Crippen LogP contribution is -2.32. The topological polar surface area (TPSA) is 49.4 Å². The summed E-state index contributed by atoms with van der Waals surface area (Å²) in [5, 5.41) is 2.66. The number of nitrogens with zero attached hydrogens (tertiary/aromatic N) is 1. The normalized spacial score (nSPS) is 19.9. The first-order valence-electron chi connectivity index (χ1n) is 5.01. The van der Waals surface area contributed by atoms with Crippen molar-refractivity contribution in [2.45, 2.75) is 12.5 Å². The first-order valence-corrected chi connectivity index (χ1v) is 5.39. The Bertz CT molecular complexity index is 492. The Hall–Kier alpha value is -1.62. The maximum atomic E-state index is 13.6. The Kier molecular flexibility index (Phi) is 3.02. The molecule has 1 atom stereocenters. The molecular formula is C11H10ClFN2O2. The van der Waals surface area contributed by atoms with Crippen LogP contribution in [0.3, 0.4) is 0 Å². The minimum Gasteiger partial charge on any atom is -0.371 e. The predicted molar refractivity (Wildman–Crippen MR) is 61.2 cm³/mol. The van der Waals surface area contributed by atoms with E-state index >= 15 is 0 Å². The van der Waals surface area contributed by atoms with Gasteiger partial charge in [0.1, 0.15) is 6.04 Å². The zero-order valence-corrected chi connectivity index (χ0v) is 9.79. The molecule has 1 fully saturated rings. The van der Waals surface area contributed by atoms with Gasteiger partial charge < -0.3 is 5.32 Å². The zero-order valence-electron chi connectivity index (χ0n) is 9.04. The molecule has 0 saturated carbocycles. The monoisotopic (exact) mass is 256 g/mol. The number of likely N-dealkylation sites (N-methyl/N-ethyl adjacent to an activating group) is 1. The van der Waals surface area contributed by atoms with E-state index in [4.69, 9.17) is 11.6 Å². The van der Waals surface area contributed by atoms with Crippen LogP contribution in [0.1, 0.15) is 6.42 Å². The fourth-order valence-electron chi connectivity index (χ4n) is 1.67. The van der Waals surface area contributed by atoms with E-state index in [-0.39, 0.29) is 28.9 Å². The third-order valence-electron chi connectivity index (χ3n) is 2.66. The molecule has 0 radical (unpaired) electrons. The van der Waals surface area contributed by atoms with Crippen LogP contribution in [0.2, 0.25) is 5.02 Å². The largest absolute Gasteiger partial charge is 0.371 e. The average molecular weight is 257 g/mol. The molecule has 17 heavy (non-hydrogen) atoms. The highest BCUT2D eigenvalue weighted by atomic mass is 35.5. The Morgan fingerprint density at radius 1 is 1.47 bits per heavy atom. The van der Waals surface area contributed by atoms with E-state index < -0.39 is 11.9 Å². The smallest absolute Gasteiger partial charge is 0.251 e. The lowest BCUT2D eigenvalue weighted by Gasteiger charge is -2.13. The van der Waals surface area contributed by atoms with Crippen LogP contribution in [0.15, 0.2) is 18.2 Å². The van der Waals surface area contributed by atoms with Gasteiger partial charge >= 0.3 is 0 Å². The first-order chi connectivity index (χ1) is 8.00. The molecule has 1 heterocycles. The second kappa shape index (κ2) is 4.33. The van der Waals surface area contributed by atoms with Crippen LogP contribution in [0.5, 0.6) is 0 Å². The Morgan fingerprint density at radius 2 is 2.18 bits per heavy atom. The van der Waals surface area contributed by atoms with Crippen LogP contribution in [0.4, 0.5) is 10.1 Å². The number of carbonyl (C=O) groups is 2. The summed E-state index contributed by atoms with van der Waals surface area (Å²) >= 11 is 5.62. The molecule has 1 saturated heterocycles. The van der Waals surface area contributed by atoms with Gasteiger partial charge in [0.25, 0.3) is 5.91 Å². The van der Waals surface area contributed by atoms with Crippen LogP contribution in [0.25, 0.3) is 0 Å². The lowest BCUT2D eigenvalue weighted by molar-refractivity contribution is -0.136.